The van der Waals surface area contributed by atoms with Gasteiger partial charge in [-0.3, -0.25) is 9.48 Å². The highest BCUT2D eigenvalue weighted by atomic mass is 35.5. The second-order valence-electron chi connectivity index (χ2n) is 5.19. The first-order valence-corrected chi connectivity index (χ1v) is 7.10. The Balaban J connectivity index is 2.51. The van der Waals surface area contributed by atoms with Crippen LogP contribution in [0.3, 0.4) is 0 Å². The van der Waals surface area contributed by atoms with Crippen molar-refractivity contribution in [3.8, 4) is 0 Å². The second-order valence-corrected chi connectivity index (χ2v) is 6.35. The molecule has 5 nitrogen and oxygen atoms in total. The molecule has 2 heterocycles. The molecule has 7 heteroatoms. The van der Waals surface area contributed by atoms with Gasteiger partial charge in [0, 0.05) is 12.0 Å². The van der Waals surface area contributed by atoms with E-state index in [1.807, 2.05) is 27.7 Å². The first kappa shape index (κ1) is 14.1. The normalized spacial score (nSPS) is 11.8. The lowest BCUT2D eigenvalue weighted by atomic mass is 9.90. The standard InChI is InChI=1S/C12H15ClN4OS/c1-5-17-8(7(13)6-14-17)9(18)10-11(12(2,3)4)15-16-19-10/h6H,5H2,1-4H3. The van der Waals surface area contributed by atoms with Gasteiger partial charge in [0.1, 0.15) is 10.6 Å². The van der Waals surface area contributed by atoms with Crippen LogP contribution in [0.5, 0.6) is 0 Å². The summed E-state index contributed by atoms with van der Waals surface area (Å²) in [5.74, 6) is -0.163. The Morgan fingerprint density at radius 2 is 2.16 bits per heavy atom. The number of halogens is 1. The van der Waals surface area contributed by atoms with Crippen LogP contribution in [-0.4, -0.2) is 25.2 Å². The van der Waals surface area contributed by atoms with Crippen LogP contribution < -0.4 is 0 Å². The zero-order valence-electron chi connectivity index (χ0n) is 11.3. The van der Waals surface area contributed by atoms with E-state index in [-0.39, 0.29) is 11.2 Å². The predicted octanol–water partition coefficient (Wildman–Crippen LogP) is 2.94. The van der Waals surface area contributed by atoms with E-state index in [1.165, 1.54) is 6.20 Å². The fourth-order valence-corrected chi connectivity index (χ4v) is 2.81. The number of carbonyl (C=O) groups is 1. The molecule has 0 fully saturated rings. The molecule has 0 bridgehead atoms. The van der Waals surface area contributed by atoms with Gasteiger partial charge in [0.2, 0.25) is 5.78 Å². The van der Waals surface area contributed by atoms with Crippen molar-refractivity contribution in [3.63, 3.8) is 0 Å². The smallest absolute Gasteiger partial charge is 0.226 e. The van der Waals surface area contributed by atoms with Gasteiger partial charge in [-0.25, -0.2) is 0 Å². The largest absolute Gasteiger partial charge is 0.286 e. The molecule has 0 radical (unpaired) electrons. The van der Waals surface area contributed by atoms with E-state index in [1.54, 1.807) is 4.68 Å². The number of aryl methyl sites for hydroxylation is 1. The molecule has 0 spiro atoms. The molecule has 102 valence electrons. The Hall–Kier alpha value is -1.27. The Morgan fingerprint density at radius 1 is 1.47 bits per heavy atom. The molecule has 0 aliphatic heterocycles. The first-order chi connectivity index (χ1) is 8.86. The van der Waals surface area contributed by atoms with Gasteiger partial charge in [0.05, 0.1) is 16.9 Å². The lowest BCUT2D eigenvalue weighted by molar-refractivity contribution is 0.103. The van der Waals surface area contributed by atoms with E-state index in [0.29, 0.717) is 27.8 Å². The van der Waals surface area contributed by atoms with Gasteiger partial charge < -0.3 is 0 Å². The fourth-order valence-electron chi connectivity index (χ4n) is 1.77. The van der Waals surface area contributed by atoms with Crippen LogP contribution in [0.15, 0.2) is 6.20 Å². The summed E-state index contributed by atoms with van der Waals surface area (Å²) in [6.45, 7) is 8.50. The van der Waals surface area contributed by atoms with Crippen LogP contribution >= 0.6 is 23.1 Å². The second kappa shape index (κ2) is 5.02. The average Bonchev–Trinajstić information content (AvgIpc) is 2.93. The van der Waals surface area contributed by atoms with Crippen molar-refractivity contribution in [2.24, 2.45) is 0 Å². The minimum Gasteiger partial charge on any atom is -0.286 e. The molecule has 0 saturated heterocycles. The van der Waals surface area contributed by atoms with Gasteiger partial charge in [0.25, 0.3) is 0 Å². The molecular formula is C12H15ClN4OS. The molecule has 0 aliphatic carbocycles. The third-order valence-electron chi connectivity index (χ3n) is 2.71. The summed E-state index contributed by atoms with van der Waals surface area (Å²) in [7, 11) is 0. The molecule has 0 amide bonds. The van der Waals surface area contributed by atoms with Crippen LogP contribution in [0.2, 0.25) is 5.02 Å². The Labute approximate surface area is 120 Å². The molecule has 2 rings (SSSR count). The average molecular weight is 299 g/mol. The summed E-state index contributed by atoms with van der Waals surface area (Å²) in [6, 6.07) is 0. The van der Waals surface area contributed by atoms with Crippen molar-refractivity contribution in [1.29, 1.82) is 0 Å². The minimum atomic E-state index is -0.235. The van der Waals surface area contributed by atoms with Crippen molar-refractivity contribution < 1.29 is 4.79 Å². The highest BCUT2D eigenvalue weighted by Crippen LogP contribution is 2.29. The summed E-state index contributed by atoms with van der Waals surface area (Å²) in [6.07, 6.45) is 1.49. The van der Waals surface area contributed by atoms with Crippen LogP contribution in [0.1, 0.15) is 48.8 Å². The maximum atomic E-state index is 12.6. The fraction of sp³-hybridized carbons (Fsp3) is 0.500. The third-order valence-corrected chi connectivity index (χ3v) is 3.72. The number of aromatic nitrogens is 4. The van der Waals surface area contributed by atoms with E-state index in [2.05, 4.69) is 14.7 Å². The minimum absolute atomic E-state index is 0.163. The van der Waals surface area contributed by atoms with Gasteiger partial charge >= 0.3 is 0 Å². The topological polar surface area (TPSA) is 60.7 Å². The van der Waals surface area contributed by atoms with Crippen molar-refractivity contribution >= 4 is 28.9 Å². The number of rotatable bonds is 3. The Bertz CT molecular complexity index is 612. The zero-order chi connectivity index (χ0) is 14.2. The van der Waals surface area contributed by atoms with Crippen LogP contribution in [-0.2, 0) is 12.0 Å². The van der Waals surface area contributed by atoms with Crippen molar-refractivity contribution in [2.45, 2.75) is 39.7 Å². The predicted molar refractivity (Wildman–Crippen MR) is 75.0 cm³/mol. The first-order valence-electron chi connectivity index (χ1n) is 5.95. The number of hydrogen-bond acceptors (Lipinski definition) is 5. The van der Waals surface area contributed by atoms with E-state index < -0.39 is 0 Å². The summed E-state index contributed by atoms with van der Waals surface area (Å²) < 4.78 is 5.50. The number of nitrogens with zero attached hydrogens (tertiary/aromatic N) is 4. The maximum absolute atomic E-state index is 12.6. The summed E-state index contributed by atoms with van der Waals surface area (Å²) >= 11 is 7.16. The van der Waals surface area contributed by atoms with Crippen LogP contribution in [0.25, 0.3) is 0 Å². The van der Waals surface area contributed by atoms with E-state index in [9.17, 15) is 4.79 Å². The SMILES string of the molecule is CCn1ncc(Cl)c1C(=O)c1snnc1C(C)(C)C. The zero-order valence-corrected chi connectivity index (χ0v) is 12.8. The Morgan fingerprint density at radius 3 is 2.74 bits per heavy atom. The molecule has 0 atom stereocenters. The molecule has 19 heavy (non-hydrogen) atoms. The third kappa shape index (κ3) is 2.55. The molecule has 2 aromatic heterocycles. The van der Waals surface area contributed by atoms with E-state index >= 15 is 0 Å². The summed E-state index contributed by atoms with van der Waals surface area (Å²) in [4.78, 5) is 13.2. The maximum Gasteiger partial charge on any atom is 0.226 e. The number of ketones is 1. The molecule has 0 N–H and O–H groups in total. The van der Waals surface area contributed by atoms with E-state index in [4.69, 9.17) is 11.6 Å². The molecule has 0 aliphatic rings. The molecular weight excluding hydrogens is 284 g/mol. The molecule has 0 saturated carbocycles. The summed E-state index contributed by atoms with van der Waals surface area (Å²) in [5.41, 5.74) is 0.866. The molecule has 0 aromatic carbocycles. The monoisotopic (exact) mass is 298 g/mol. The van der Waals surface area contributed by atoms with Crippen molar-refractivity contribution in [2.75, 3.05) is 0 Å². The van der Waals surface area contributed by atoms with E-state index in [0.717, 1.165) is 11.5 Å². The summed E-state index contributed by atoms with van der Waals surface area (Å²) in [5, 5.41) is 8.52. The van der Waals surface area contributed by atoms with Crippen molar-refractivity contribution in [1.82, 2.24) is 19.4 Å². The Kier molecular flexibility index (Phi) is 3.73. The molecule has 2 aromatic rings. The quantitative estimate of drug-likeness (QED) is 0.817. The number of hydrogen-bond donors (Lipinski definition) is 0. The van der Waals surface area contributed by atoms with Gasteiger partial charge in [0.15, 0.2) is 0 Å². The highest BCUT2D eigenvalue weighted by molar-refractivity contribution is 7.08. The number of carbonyl (C=O) groups excluding carboxylic acids is 1. The van der Waals surface area contributed by atoms with Crippen LogP contribution in [0.4, 0.5) is 0 Å². The highest BCUT2D eigenvalue weighted by Gasteiger charge is 2.29. The van der Waals surface area contributed by atoms with Gasteiger partial charge in [-0.1, -0.05) is 36.9 Å². The lowest BCUT2D eigenvalue weighted by Crippen LogP contribution is -2.18. The van der Waals surface area contributed by atoms with Crippen LogP contribution in [0, 0.1) is 0 Å². The van der Waals surface area contributed by atoms with Gasteiger partial charge in [-0.2, -0.15) is 5.10 Å². The molecule has 0 unspecified atom stereocenters. The van der Waals surface area contributed by atoms with Crippen molar-refractivity contribution in [3.05, 3.63) is 27.5 Å². The van der Waals surface area contributed by atoms with Gasteiger partial charge in [-0.15, -0.1) is 5.10 Å². The lowest BCUT2D eigenvalue weighted by Gasteiger charge is -2.16. The van der Waals surface area contributed by atoms with Gasteiger partial charge in [-0.05, 0) is 18.5 Å².